The molecule has 1 aliphatic rings. The second-order valence-electron chi connectivity index (χ2n) is 8.72. The quantitative estimate of drug-likeness (QED) is 0.259. The zero-order valence-corrected chi connectivity index (χ0v) is 19.4. The summed E-state index contributed by atoms with van der Waals surface area (Å²) in [6.07, 6.45) is 2.49. The van der Waals surface area contributed by atoms with Gasteiger partial charge >= 0.3 is 0 Å². The van der Waals surface area contributed by atoms with Crippen molar-refractivity contribution < 1.29 is 23.5 Å². The first-order chi connectivity index (χ1) is 17.3. The molecule has 0 radical (unpaired) electrons. The first-order valence-electron chi connectivity index (χ1n) is 11.4. The molecule has 1 aromatic heterocycles. The number of nitrogens with one attached hydrogen (secondary N) is 2. The first kappa shape index (κ1) is 23.2. The van der Waals surface area contributed by atoms with Crippen molar-refractivity contribution >= 4 is 39.9 Å². The van der Waals surface area contributed by atoms with Gasteiger partial charge in [0.2, 0.25) is 11.8 Å². The van der Waals surface area contributed by atoms with E-state index in [1.54, 1.807) is 54.7 Å². The predicted octanol–water partition coefficient (Wildman–Crippen LogP) is 5.73. The van der Waals surface area contributed by atoms with Crippen LogP contribution in [0.15, 0.2) is 79.0 Å². The van der Waals surface area contributed by atoms with Crippen LogP contribution < -0.4 is 15.4 Å². The molecule has 0 bridgehead atoms. The number of hydrogen-bond donors (Lipinski definition) is 2. The smallest absolute Gasteiger partial charge is 0.240 e. The molecule has 0 aliphatic heterocycles. The number of hydrogen-bond acceptors (Lipinski definition) is 5. The third-order valence-electron chi connectivity index (χ3n) is 6.17. The third-order valence-corrected chi connectivity index (χ3v) is 6.17. The Bertz CT molecular complexity index is 1480. The lowest BCUT2D eigenvalue weighted by atomic mass is 10.0. The molecule has 36 heavy (non-hydrogen) atoms. The monoisotopic (exact) mass is 483 g/mol. The van der Waals surface area contributed by atoms with E-state index in [-0.39, 0.29) is 5.78 Å². The van der Waals surface area contributed by atoms with E-state index in [4.69, 9.17) is 4.74 Å². The number of benzene rings is 3. The normalized spacial score (nSPS) is 13.6. The molecule has 2 amide bonds. The SMILES string of the molecule is CC(=O)c1ccc2c(Oc3ccc(NC(=O)C4(C(=O)Nc5ccc(F)cc5)CC4)cc3)ccnc2c1. The molecular formula is C28H22FN3O4. The number of pyridine rings is 1. The van der Waals surface area contributed by atoms with Crippen LogP contribution >= 0.6 is 0 Å². The van der Waals surface area contributed by atoms with Crippen LogP contribution in [-0.2, 0) is 9.59 Å². The molecular weight excluding hydrogens is 461 g/mol. The van der Waals surface area contributed by atoms with Crippen molar-refractivity contribution in [3.8, 4) is 11.5 Å². The van der Waals surface area contributed by atoms with Gasteiger partial charge in [-0.1, -0.05) is 6.07 Å². The van der Waals surface area contributed by atoms with E-state index in [9.17, 15) is 18.8 Å². The van der Waals surface area contributed by atoms with Gasteiger partial charge in [0.05, 0.1) is 5.52 Å². The number of rotatable bonds is 7. The number of halogens is 1. The van der Waals surface area contributed by atoms with E-state index < -0.39 is 23.0 Å². The van der Waals surface area contributed by atoms with Gasteiger partial charge in [-0.25, -0.2) is 4.39 Å². The summed E-state index contributed by atoms with van der Waals surface area (Å²) >= 11 is 0. The number of fused-ring (bicyclic) bond motifs is 1. The highest BCUT2D eigenvalue weighted by Gasteiger charge is 2.56. The van der Waals surface area contributed by atoms with E-state index in [2.05, 4.69) is 15.6 Å². The van der Waals surface area contributed by atoms with Crippen molar-refractivity contribution in [1.29, 1.82) is 0 Å². The average molecular weight is 483 g/mol. The van der Waals surface area contributed by atoms with Gasteiger partial charge in [0, 0.05) is 28.5 Å². The zero-order chi connectivity index (χ0) is 25.3. The molecule has 1 saturated carbocycles. The molecule has 0 spiro atoms. The van der Waals surface area contributed by atoms with Crippen molar-refractivity contribution in [2.75, 3.05) is 10.6 Å². The van der Waals surface area contributed by atoms with Gasteiger partial charge in [0.1, 0.15) is 22.7 Å². The van der Waals surface area contributed by atoms with Crippen LogP contribution in [0, 0.1) is 11.2 Å². The molecule has 4 aromatic rings. The molecule has 1 fully saturated rings. The third kappa shape index (κ3) is 4.65. The fourth-order valence-corrected chi connectivity index (χ4v) is 3.88. The van der Waals surface area contributed by atoms with Gasteiger partial charge in [-0.3, -0.25) is 19.4 Å². The standard InChI is InChI=1S/C28H22FN3O4/c1-17(33)18-2-11-23-24(16-18)30-15-12-25(23)36-22-9-7-21(8-10-22)32-27(35)28(13-14-28)26(34)31-20-5-3-19(29)4-6-20/h2-12,15-16H,13-14H2,1H3,(H,31,34)(H,32,35). The van der Waals surface area contributed by atoms with E-state index in [1.807, 2.05) is 0 Å². The van der Waals surface area contributed by atoms with Crippen LogP contribution in [0.2, 0.25) is 0 Å². The molecule has 1 aliphatic carbocycles. The minimum absolute atomic E-state index is 0.0384. The average Bonchev–Trinajstić information content (AvgIpc) is 3.69. The topological polar surface area (TPSA) is 97.4 Å². The van der Waals surface area contributed by atoms with Crippen LogP contribution in [0.5, 0.6) is 11.5 Å². The van der Waals surface area contributed by atoms with Crippen molar-refractivity contribution in [2.24, 2.45) is 5.41 Å². The van der Waals surface area contributed by atoms with Crippen LogP contribution in [-0.4, -0.2) is 22.6 Å². The van der Waals surface area contributed by atoms with Crippen LogP contribution in [0.1, 0.15) is 30.1 Å². The lowest BCUT2D eigenvalue weighted by Crippen LogP contribution is -2.35. The van der Waals surface area contributed by atoms with Crippen molar-refractivity contribution in [1.82, 2.24) is 4.98 Å². The molecule has 0 atom stereocenters. The van der Waals surface area contributed by atoms with Gasteiger partial charge < -0.3 is 15.4 Å². The maximum atomic E-state index is 13.1. The largest absolute Gasteiger partial charge is 0.457 e. The maximum absolute atomic E-state index is 13.1. The minimum Gasteiger partial charge on any atom is -0.457 e. The fraction of sp³-hybridized carbons (Fsp3) is 0.143. The van der Waals surface area contributed by atoms with E-state index >= 15 is 0 Å². The molecule has 3 aromatic carbocycles. The lowest BCUT2D eigenvalue weighted by Gasteiger charge is -2.16. The molecule has 0 unspecified atom stereocenters. The Hall–Kier alpha value is -4.59. The second-order valence-corrected chi connectivity index (χ2v) is 8.72. The van der Waals surface area contributed by atoms with Gasteiger partial charge in [-0.05, 0) is 86.5 Å². The fourth-order valence-electron chi connectivity index (χ4n) is 3.88. The minimum atomic E-state index is -1.14. The molecule has 180 valence electrons. The Morgan fingerprint density at radius 2 is 1.47 bits per heavy atom. The number of carbonyl (C=O) groups excluding carboxylic acids is 3. The Morgan fingerprint density at radius 1 is 0.861 bits per heavy atom. The molecule has 5 rings (SSSR count). The number of anilines is 2. The van der Waals surface area contributed by atoms with E-state index in [1.165, 1.54) is 31.2 Å². The maximum Gasteiger partial charge on any atom is 0.240 e. The Labute approximate surface area is 206 Å². The Morgan fingerprint density at radius 3 is 2.06 bits per heavy atom. The molecule has 8 heteroatoms. The Kier molecular flexibility index (Phi) is 5.93. The van der Waals surface area contributed by atoms with Gasteiger partial charge in [-0.15, -0.1) is 0 Å². The summed E-state index contributed by atoms with van der Waals surface area (Å²) in [5.74, 6) is -0.115. The summed E-state index contributed by atoms with van der Waals surface area (Å²) in [6, 6.07) is 19.2. The number of Topliss-reactive ketones (excluding diaryl/α,β-unsaturated/α-hetero) is 1. The number of aromatic nitrogens is 1. The molecule has 2 N–H and O–H groups in total. The highest BCUT2D eigenvalue weighted by Crippen LogP contribution is 2.47. The zero-order valence-electron chi connectivity index (χ0n) is 19.4. The van der Waals surface area contributed by atoms with Crippen LogP contribution in [0.25, 0.3) is 10.9 Å². The summed E-state index contributed by atoms with van der Waals surface area (Å²) in [5.41, 5.74) is 1.05. The van der Waals surface area contributed by atoms with Gasteiger partial charge in [0.15, 0.2) is 5.78 Å². The second kappa shape index (κ2) is 9.22. The lowest BCUT2D eigenvalue weighted by molar-refractivity contribution is -0.131. The van der Waals surface area contributed by atoms with Crippen LogP contribution in [0.3, 0.4) is 0 Å². The number of nitrogens with zero attached hydrogens (tertiary/aromatic N) is 1. The van der Waals surface area contributed by atoms with E-state index in [0.29, 0.717) is 46.8 Å². The Balaban J connectivity index is 1.25. The highest BCUT2D eigenvalue weighted by atomic mass is 19.1. The van der Waals surface area contributed by atoms with Gasteiger partial charge in [0.25, 0.3) is 0 Å². The van der Waals surface area contributed by atoms with Crippen molar-refractivity contribution in [3.05, 3.63) is 90.4 Å². The molecule has 7 nitrogen and oxygen atoms in total. The summed E-state index contributed by atoms with van der Waals surface area (Å²) < 4.78 is 19.1. The highest BCUT2D eigenvalue weighted by molar-refractivity contribution is 6.16. The predicted molar refractivity (Wildman–Crippen MR) is 134 cm³/mol. The van der Waals surface area contributed by atoms with Crippen LogP contribution in [0.4, 0.5) is 15.8 Å². The summed E-state index contributed by atoms with van der Waals surface area (Å²) in [4.78, 5) is 41.6. The van der Waals surface area contributed by atoms with Gasteiger partial charge in [-0.2, -0.15) is 0 Å². The number of amides is 2. The van der Waals surface area contributed by atoms with Crippen molar-refractivity contribution in [2.45, 2.75) is 19.8 Å². The summed E-state index contributed by atoms with van der Waals surface area (Å²) in [6.45, 7) is 1.50. The van der Waals surface area contributed by atoms with E-state index in [0.717, 1.165) is 5.39 Å². The summed E-state index contributed by atoms with van der Waals surface area (Å²) in [5, 5.41) is 6.26. The number of ketones is 1. The number of ether oxygens (including phenoxy) is 1. The summed E-state index contributed by atoms with van der Waals surface area (Å²) in [7, 11) is 0. The molecule has 1 heterocycles. The first-order valence-corrected chi connectivity index (χ1v) is 11.4. The molecule has 0 saturated heterocycles. The number of carbonyl (C=O) groups is 3. The van der Waals surface area contributed by atoms with Crippen molar-refractivity contribution in [3.63, 3.8) is 0 Å².